The van der Waals surface area contributed by atoms with Gasteiger partial charge in [-0.05, 0) is 75.1 Å². The maximum atomic E-state index is 12.4. The second kappa shape index (κ2) is 12.1. The minimum atomic E-state index is -4.67. The van der Waals surface area contributed by atoms with Crippen LogP contribution >= 0.6 is 0 Å². The van der Waals surface area contributed by atoms with Crippen LogP contribution in [0.3, 0.4) is 0 Å². The Morgan fingerprint density at radius 3 is 2.11 bits per heavy atom. The third-order valence-corrected chi connectivity index (χ3v) is 8.14. The molecule has 36 heavy (non-hydrogen) atoms. The third-order valence-electron chi connectivity index (χ3n) is 6.59. The van der Waals surface area contributed by atoms with Crippen molar-refractivity contribution in [2.75, 3.05) is 26.2 Å². The van der Waals surface area contributed by atoms with Gasteiger partial charge in [-0.15, -0.1) is 0 Å². The molecule has 0 radical (unpaired) electrons. The lowest BCUT2D eigenvalue weighted by molar-refractivity contribution is -0.519. The van der Waals surface area contributed by atoms with Gasteiger partial charge in [0.25, 0.3) is 10.1 Å². The highest BCUT2D eigenvalue weighted by molar-refractivity contribution is 7.86. The molecular weight excluding hydrogens is 496 g/mol. The molecule has 2 aliphatic rings. The zero-order valence-electron chi connectivity index (χ0n) is 21.3. The standard InChI is InChI=1S/C27H34N2O5S2/c1-5-28(6-2)22-13-9-20(10-14-22)27(21-11-15-23(16-12-21)29(7-3)8-4)25-18-17-24(35(30)31)19-26(25)36(32,33)34/h9-11,13-14,16-19H,5-8,12,15H2,1-4H3,(H-,30,31,32,33,34)/p+1. The lowest BCUT2D eigenvalue weighted by Crippen LogP contribution is -2.23. The highest BCUT2D eigenvalue weighted by Crippen LogP contribution is 2.38. The van der Waals surface area contributed by atoms with E-state index in [1.807, 2.05) is 24.3 Å². The van der Waals surface area contributed by atoms with E-state index in [9.17, 15) is 21.7 Å². The normalized spacial score (nSPS) is 16.5. The average Bonchev–Trinajstić information content (AvgIpc) is 2.87. The molecule has 1 aromatic carbocycles. The van der Waals surface area contributed by atoms with Crippen molar-refractivity contribution < 1.29 is 26.3 Å². The van der Waals surface area contributed by atoms with E-state index in [1.165, 1.54) is 17.8 Å². The second-order valence-electron chi connectivity index (χ2n) is 8.48. The highest BCUT2D eigenvalue weighted by atomic mass is 32.2. The van der Waals surface area contributed by atoms with Crippen LogP contribution in [0, 0.1) is 0 Å². The number of hydrogen-bond acceptors (Lipinski definition) is 4. The summed E-state index contributed by atoms with van der Waals surface area (Å²) in [5.41, 5.74) is 5.00. The Bertz CT molecular complexity index is 1300. The van der Waals surface area contributed by atoms with Gasteiger partial charge >= 0.3 is 0 Å². The number of allylic oxidation sites excluding steroid dienone is 9. The molecule has 3 rings (SSSR count). The molecule has 0 aromatic heterocycles. The zero-order valence-corrected chi connectivity index (χ0v) is 22.9. The van der Waals surface area contributed by atoms with Crippen molar-refractivity contribution in [3.63, 3.8) is 0 Å². The van der Waals surface area contributed by atoms with Crippen LogP contribution in [0.25, 0.3) is 5.57 Å². The Labute approximate surface area is 217 Å². The predicted molar refractivity (Wildman–Crippen MR) is 145 cm³/mol. The SMILES string of the molecule is CCN(CC)C1=CCC(C(=C2C=CC(=[N+](CC)CC)C=C2)c2ccc(S(=O)O)cc2S(=O)(=O)O)=CC1. The fourth-order valence-electron chi connectivity index (χ4n) is 4.69. The summed E-state index contributed by atoms with van der Waals surface area (Å²) in [5.74, 6) is 0. The molecule has 0 bridgehead atoms. The van der Waals surface area contributed by atoms with E-state index in [1.54, 1.807) is 0 Å². The number of hydrogen-bond donors (Lipinski definition) is 2. The van der Waals surface area contributed by atoms with Crippen LogP contribution in [0.15, 0.2) is 81.3 Å². The summed E-state index contributed by atoms with van der Waals surface area (Å²) in [6.07, 6.45) is 13.5. The van der Waals surface area contributed by atoms with Gasteiger partial charge in [-0.1, -0.05) is 18.2 Å². The van der Waals surface area contributed by atoms with E-state index >= 15 is 0 Å². The summed E-state index contributed by atoms with van der Waals surface area (Å²) in [6, 6.07) is 4.00. The molecule has 0 saturated carbocycles. The van der Waals surface area contributed by atoms with Gasteiger partial charge < -0.3 is 9.45 Å². The Balaban J connectivity index is 2.22. The first-order chi connectivity index (χ1) is 17.1. The van der Waals surface area contributed by atoms with Gasteiger partial charge in [0.15, 0.2) is 16.8 Å². The van der Waals surface area contributed by atoms with Crippen LogP contribution in [0.5, 0.6) is 0 Å². The summed E-state index contributed by atoms with van der Waals surface area (Å²) in [6.45, 7) is 11.9. The van der Waals surface area contributed by atoms with Crippen LogP contribution in [-0.4, -0.2) is 63.1 Å². The van der Waals surface area contributed by atoms with E-state index in [0.29, 0.717) is 24.0 Å². The first-order valence-electron chi connectivity index (χ1n) is 12.2. The van der Waals surface area contributed by atoms with Crippen LogP contribution in [0.1, 0.15) is 46.1 Å². The molecule has 194 valence electrons. The van der Waals surface area contributed by atoms with Crippen molar-refractivity contribution in [2.24, 2.45) is 0 Å². The van der Waals surface area contributed by atoms with E-state index in [-0.39, 0.29) is 9.79 Å². The maximum absolute atomic E-state index is 12.4. The van der Waals surface area contributed by atoms with Crippen LogP contribution in [0.4, 0.5) is 0 Å². The molecule has 1 atom stereocenters. The fraction of sp³-hybridized carbons (Fsp3) is 0.370. The summed E-state index contributed by atoms with van der Waals surface area (Å²) in [7, 11) is -4.67. The molecule has 0 heterocycles. The molecule has 1 aromatic rings. The molecule has 0 spiro atoms. The van der Waals surface area contributed by atoms with Gasteiger partial charge in [0.1, 0.15) is 18.0 Å². The Hall–Kier alpha value is -2.59. The predicted octanol–water partition coefficient (Wildman–Crippen LogP) is 4.83. The van der Waals surface area contributed by atoms with E-state index in [0.717, 1.165) is 49.1 Å². The van der Waals surface area contributed by atoms with Crippen molar-refractivity contribution in [1.29, 1.82) is 0 Å². The van der Waals surface area contributed by atoms with Crippen molar-refractivity contribution in [3.05, 3.63) is 77.1 Å². The van der Waals surface area contributed by atoms with Crippen LogP contribution in [-0.2, 0) is 21.2 Å². The second-order valence-corrected chi connectivity index (χ2v) is 10.8. The summed E-state index contributed by atoms with van der Waals surface area (Å²) >= 11 is -2.39. The Kier molecular flexibility index (Phi) is 9.41. The van der Waals surface area contributed by atoms with Crippen LogP contribution in [0.2, 0.25) is 0 Å². The van der Waals surface area contributed by atoms with Crippen molar-refractivity contribution in [3.8, 4) is 0 Å². The van der Waals surface area contributed by atoms with Crippen molar-refractivity contribution in [1.82, 2.24) is 4.90 Å². The maximum Gasteiger partial charge on any atom is 0.295 e. The molecule has 9 heteroatoms. The smallest absolute Gasteiger partial charge is 0.295 e. The largest absolute Gasteiger partial charge is 0.375 e. The lowest BCUT2D eigenvalue weighted by Gasteiger charge is -2.28. The monoisotopic (exact) mass is 531 g/mol. The molecule has 0 saturated heterocycles. The van der Waals surface area contributed by atoms with E-state index in [2.05, 4.69) is 49.3 Å². The van der Waals surface area contributed by atoms with E-state index in [4.69, 9.17) is 0 Å². The van der Waals surface area contributed by atoms with Gasteiger partial charge in [0.2, 0.25) is 0 Å². The Morgan fingerprint density at radius 1 is 1.00 bits per heavy atom. The molecule has 1 unspecified atom stereocenters. The van der Waals surface area contributed by atoms with Crippen LogP contribution < -0.4 is 0 Å². The molecule has 0 fully saturated rings. The topological polar surface area (TPSA) is 97.9 Å². The first kappa shape index (κ1) is 28.0. The minimum Gasteiger partial charge on any atom is -0.375 e. The molecule has 2 N–H and O–H groups in total. The fourth-order valence-corrected chi connectivity index (χ4v) is 5.89. The van der Waals surface area contributed by atoms with Gasteiger partial charge in [0.05, 0.1) is 4.90 Å². The zero-order chi connectivity index (χ0) is 26.5. The van der Waals surface area contributed by atoms with Gasteiger partial charge in [-0.2, -0.15) is 8.42 Å². The van der Waals surface area contributed by atoms with Gasteiger partial charge in [-0.3, -0.25) is 4.55 Å². The van der Waals surface area contributed by atoms with Crippen molar-refractivity contribution in [2.45, 2.75) is 50.3 Å². The Morgan fingerprint density at radius 2 is 1.64 bits per heavy atom. The summed E-state index contributed by atoms with van der Waals surface area (Å²) in [5, 5.41) is 0. The molecule has 7 nitrogen and oxygen atoms in total. The number of rotatable bonds is 9. The summed E-state index contributed by atoms with van der Waals surface area (Å²) in [4.78, 5) is 1.81. The number of benzene rings is 1. The van der Waals surface area contributed by atoms with Gasteiger partial charge in [-0.25, -0.2) is 8.78 Å². The molecule has 0 amide bonds. The minimum absolute atomic E-state index is 0.0936. The lowest BCUT2D eigenvalue weighted by atomic mass is 9.86. The molecular formula is C27H35N2O5S2+. The average molecular weight is 532 g/mol. The number of nitrogens with zero attached hydrogens (tertiary/aromatic N) is 2. The van der Waals surface area contributed by atoms with Gasteiger partial charge in [0, 0.05) is 42.9 Å². The molecule has 0 aliphatic heterocycles. The summed E-state index contributed by atoms with van der Waals surface area (Å²) < 4.78 is 58.3. The third kappa shape index (κ3) is 6.21. The van der Waals surface area contributed by atoms with Crippen molar-refractivity contribution >= 4 is 32.5 Å². The quantitative estimate of drug-likeness (QED) is 0.269. The highest BCUT2D eigenvalue weighted by Gasteiger charge is 2.25. The molecule has 2 aliphatic carbocycles. The van der Waals surface area contributed by atoms with E-state index < -0.39 is 21.2 Å². The first-order valence-corrected chi connectivity index (χ1v) is 14.8.